The third-order valence-corrected chi connectivity index (χ3v) is 11.4. The predicted octanol–water partition coefficient (Wildman–Crippen LogP) is 7.14. The first-order valence-corrected chi connectivity index (χ1v) is 19.2. The van der Waals surface area contributed by atoms with Gasteiger partial charge in [-0.05, 0) is 132 Å². The second-order valence-corrected chi connectivity index (χ2v) is 17.4. The minimum absolute atomic E-state index is 0.0446. The first-order valence-electron chi connectivity index (χ1n) is 19.2. The first kappa shape index (κ1) is 37.6. The van der Waals surface area contributed by atoms with E-state index >= 15 is 0 Å². The third-order valence-electron chi connectivity index (χ3n) is 11.4. The number of fused-ring (bicyclic) bond motifs is 6. The molecule has 3 aliphatic carbocycles. The van der Waals surface area contributed by atoms with Crippen molar-refractivity contribution in [2.24, 2.45) is 11.8 Å². The molecule has 6 unspecified atom stereocenters. The number of ether oxygens (including phenoxy) is 4. The van der Waals surface area contributed by atoms with Crippen molar-refractivity contribution in [1.29, 1.82) is 0 Å². The second kappa shape index (κ2) is 14.2. The molecule has 0 bridgehead atoms. The highest BCUT2D eigenvalue weighted by molar-refractivity contribution is 6.08. The molecule has 2 amide bonds. The summed E-state index contributed by atoms with van der Waals surface area (Å²) in [6.07, 6.45) is 5.49. The molecule has 0 radical (unpaired) electrons. The second-order valence-electron chi connectivity index (χ2n) is 17.4. The van der Waals surface area contributed by atoms with E-state index in [0.29, 0.717) is 18.4 Å². The van der Waals surface area contributed by atoms with Crippen LogP contribution in [0, 0.1) is 11.8 Å². The Labute approximate surface area is 315 Å². The summed E-state index contributed by atoms with van der Waals surface area (Å²) < 4.78 is 22.2. The van der Waals surface area contributed by atoms with E-state index in [0.717, 1.165) is 60.8 Å². The number of hydrogen-bond donors (Lipinski definition) is 0. The summed E-state index contributed by atoms with van der Waals surface area (Å²) in [5.74, 6) is -1.52. The van der Waals surface area contributed by atoms with Gasteiger partial charge in [-0.25, -0.2) is 19.2 Å². The van der Waals surface area contributed by atoms with Gasteiger partial charge in [0.15, 0.2) is 24.8 Å². The topological polar surface area (TPSA) is 146 Å². The average molecular weight is 743 g/mol. The van der Waals surface area contributed by atoms with Crippen LogP contribution in [-0.2, 0) is 28.5 Å². The number of carbonyl (C=O) groups is 6. The molecule has 4 fully saturated rings. The van der Waals surface area contributed by atoms with E-state index in [4.69, 9.17) is 18.9 Å². The van der Waals surface area contributed by atoms with Crippen molar-refractivity contribution in [3.63, 3.8) is 0 Å². The van der Waals surface area contributed by atoms with Crippen molar-refractivity contribution in [3.05, 3.63) is 47.5 Å². The number of ketones is 2. The number of esters is 2. The highest BCUT2D eigenvalue weighted by Gasteiger charge is 2.51. The van der Waals surface area contributed by atoms with Gasteiger partial charge in [-0.3, -0.25) is 19.4 Å². The van der Waals surface area contributed by atoms with Gasteiger partial charge in [-0.1, -0.05) is 31.0 Å². The predicted molar refractivity (Wildman–Crippen MR) is 197 cm³/mol. The summed E-state index contributed by atoms with van der Waals surface area (Å²) in [6.45, 7) is 9.82. The highest BCUT2D eigenvalue weighted by atomic mass is 16.6. The fraction of sp³-hybridized carbons (Fsp3) is 0.571. The molecule has 2 aromatic carbocycles. The Morgan fingerprint density at radius 1 is 0.611 bits per heavy atom. The largest absolute Gasteiger partial charge is 0.456 e. The quantitative estimate of drug-likeness (QED) is 0.133. The van der Waals surface area contributed by atoms with Gasteiger partial charge in [-0.2, -0.15) is 0 Å². The van der Waals surface area contributed by atoms with Crippen LogP contribution in [0.5, 0.6) is 0 Å². The van der Waals surface area contributed by atoms with Gasteiger partial charge in [0.2, 0.25) is 0 Å². The van der Waals surface area contributed by atoms with Crippen LogP contribution < -0.4 is 0 Å². The van der Waals surface area contributed by atoms with Gasteiger partial charge in [0.05, 0.1) is 11.6 Å². The third kappa shape index (κ3) is 7.36. The van der Waals surface area contributed by atoms with Crippen LogP contribution in [-0.4, -0.2) is 94.1 Å². The van der Waals surface area contributed by atoms with Crippen LogP contribution >= 0.6 is 0 Å². The van der Waals surface area contributed by atoms with Crippen molar-refractivity contribution < 1.29 is 47.7 Å². The zero-order valence-corrected chi connectivity index (χ0v) is 32.0. The molecule has 2 saturated heterocycles. The maximum atomic E-state index is 13.4. The fourth-order valence-electron chi connectivity index (χ4n) is 9.10. The number of amides is 2. The Morgan fingerprint density at radius 3 is 1.67 bits per heavy atom. The summed E-state index contributed by atoms with van der Waals surface area (Å²) in [5, 5.41) is 0. The molecule has 54 heavy (non-hydrogen) atoms. The Balaban J connectivity index is 0.944. The maximum absolute atomic E-state index is 13.4. The van der Waals surface area contributed by atoms with Crippen molar-refractivity contribution in [2.75, 3.05) is 13.2 Å². The molecule has 2 aliphatic heterocycles. The molecule has 2 heterocycles. The summed E-state index contributed by atoms with van der Waals surface area (Å²) in [4.78, 5) is 82.2. The molecule has 0 spiro atoms. The number of carbonyl (C=O) groups excluding carboxylic acids is 6. The molecular weight excluding hydrogens is 692 g/mol. The van der Waals surface area contributed by atoms with Crippen LogP contribution in [0.3, 0.4) is 0 Å². The molecule has 7 rings (SSSR count). The lowest BCUT2D eigenvalue weighted by Crippen LogP contribution is -2.48. The molecule has 288 valence electrons. The van der Waals surface area contributed by atoms with Crippen molar-refractivity contribution >= 4 is 35.7 Å². The zero-order valence-electron chi connectivity index (χ0n) is 32.0. The monoisotopic (exact) mass is 742 g/mol. The maximum Gasteiger partial charge on any atom is 0.411 e. The number of likely N-dealkylation sites (tertiary alicyclic amines) is 2. The SMILES string of the molecule is CC(C)(C)OC(=O)N1C(C(=O)COC(=O)c2ccc3c(c2)-c2ccc(C(=O)COC(=O)C4CC5CCCC5N4C(=O)OC(C)(C)C)cc2-3)CC2CCCC21. The van der Waals surface area contributed by atoms with E-state index in [1.165, 1.54) is 4.90 Å². The molecular formula is C42H50N2O10. The van der Waals surface area contributed by atoms with Crippen LogP contribution in [0.4, 0.5) is 9.59 Å². The van der Waals surface area contributed by atoms with E-state index in [1.807, 2.05) is 0 Å². The molecule has 6 atom stereocenters. The van der Waals surface area contributed by atoms with Crippen LogP contribution in [0.2, 0.25) is 0 Å². The fourth-order valence-corrected chi connectivity index (χ4v) is 9.10. The standard InChI is InChI=1S/C42H50N2O10/c1-41(2,3)53-39(49)43-31-11-7-9-23(31)19-33(43)36(46)22-51-37(47)26-14-16-28-29-17-25(13-15-27(29)30(28)18-26)35(45)21-52-38(48)34-20-24-10-8-12-32(24)44(34)40(50)54-42(4,5)6/h13-18,23-24,31-34H,7-12,19-22H2,1-6H3. The number of hydrogen-bond acceptors (Lipinski definition) is 10. The molecule has 0 aromatic heterocycles. The van der Waals surface area contributed by atoms with E-state index < -0.39 is 60.6 Å². The zero-order chi connectivity index (χ0) is 38.7. The van der Waals surface area contributed by atoms with Crippen LogP contribution in [0.25, 0.3) is 22.3 Å². The number of Topliss-reactive ketones (excluding diaryl/α,β-unsaturated/α-hetero) is 2. The Bertz CT molecular complexity index is 1740. The Hall–Kier alpha value is -4.74. The van der Waals surface area contributed by atoms with Crippen molar-refractivity contribution in [3.8, 4) is 22.3 Å². The molecule has 2 saturated carbocycles. The smallest absolute Gasteiger partial charge is 0.411 e. The summed E-state index contributed by atoms with van der Waals surface area (Å²) in [6, 6.07) is 8.68. The number of rotatable bonds is 8. The van der Waals surface area contributed by atoms with E-state index in [2.05, 4.69) is 0 Å². The Morgan fingerprint density at radius 2 is 1.11 bits per heavy atom. The Kier molecular flexibility index (Phi) is 9.85. The van der Waals surface area contributed by atoms with Crippen LogP contribution in [0.1, 0.15) is 114 Å². The van der Waals surface area contributed by atoms with E-state index in [1.54, 1.807) is 82.8 Å². The lowest BCUT2D eigenvalue weighted by molar-refractivity contribution is -0.148. The summed E-state index contributed by atoms with van der Waals surface area (Å²) in [5.41, 5.74) is 2.58. The lowest BCUT2D eigenvalue weighted by atomic mass is 9.78. The highest BCUT2D eigenvalue weighted by Crippen LogP contribution is 2.48. The van der Waals surface area contributed by atoms with Gasteiger partial charge in [0.1, 0.15) is 17.2 Å². The average Bonchev–Trinajstić information content (AvgIpc) is 3.87. The molecule has 2 aromatic rings. The first-order chi connectivity index (χ1) is 25.5. The van der Waals surface area contributed by atoms with Gasteiger partial charge in [0, 0.05) is 17.6 Å². The van der Waals surface area contributed by atoms with Crippen LogP contribution in [0.15, 0.2) is 36.4 Å². The normalized spacial score (nSPS) is 25.1. The lowest BCUT2D eigenvalue weighted by Gasteiger charge is -2.31. The minimum Gasteiger partial charge on any atom is -0.456 e. The summed E-state index contributed by atoms with van der Waals surface area (Å²) in [7, 11) is 0. The van der Waals surface area contributed by atoms with Crippen molar-refractivity contribution in [2.45, 2.75) is 128 Å². The molecule has 5 aliphatic rings. The summed E-state index contributed by atoms with van der Waals surface area (Å²) >= 11 is 0. The van der Waals surface area contributed by atoms with Gasteiger partial charge in [-0.15, -0.1) is 0 Å². The van der Waals surface area contributed by atoms with Gasteiger partial charge >= 0.3 is 24.1 Å². The molecule has 12 heteroatoms. The molecule has 0 N–H and O–H groups in total. The van der Waals surface area contributed by atoms with Gasteiger partial charge in [0.25, 0.3) is 0 Å². The van der Waals surface area contributed by atoms with E-state index in [9.17, 15) is 28.8 Å². The van der Waals surface area contributed by atoms with Gasteiger partial charge < -0.3 is 18.9 Å². The van der Waals surface area contributed by atoms with Crippen molar-refractivity contribution in [1.82, 2.24) is 9.80 Å². The molecule has 12 nitrogen and oxygen atoms in total. The number of benzene rings is 2. The minimum atomic E-state index is -0.792. The number of nitrogens with zero attached hydrogens (tertiary/aromatic N) is 2. The van der Waals surface area contributed by atoms with E-state index in [-0.39, 0.29) is 41.0 Å².